The molecule has 1 aromatic carbocycles. The molecule has 112 valence electrons. The second-order valence-corrected chi connectivity index (χ2v) is 7.21. The van der Waals surface area contributed by atoms with E-state index in [4.69, 9.17) is 5.73 Å². The van der Waals surface area contributed by atoms with E-state index in [1.807, 2.05) is 19.0 Å². The van der Waals surface area contributed by atoms with Crippen LogP contribution in [0.3, 0.4) is 0 Å². The molecule has 0 aromatic heterocycles. The van der Waals surface area contributed by atoms with Gasteiger partial charge in [-0.1, -0.05) is 0 Å². The minimum Gasteiger partial charge on any atom is -0.398 e. The topological polar surface area (TPSA) is 66.6 Å². The number of piperidine rings is 1. The van der Waals surface area contributed by atoms with Gasteiger partial charge >= 0.3 is 0 Å². The monoisotopic (exact) mass is 301 g/mol. The first kappa shape index (κ1) is 15.2. The number of anilines is 1. The molecule has 5 nitrogen and oxygen atoms in total. The summed E-state index contributed by atoms with van der Waals surface area (Å²) in [5, 5.41) is 0. The first-order chi connectivity index (χ1) is 9.32. The maximum Gasteiger partial charge on any atom is 0.245 e. The molecule has 1 aromatic rings. The molecule has 1 unspecified atom stereocenters. The summed E-state index contributed by atoms with van der Waals surface area (Å²) in [5.41, 5.74) is 5.61. The van der Waals surface area contributed by atoms with Crippen LogP contribution in [0.4, 0.5) is 10.1 Å². The highest BCUT2D eigenvalue weighted by Gasteiger charge is 2.32. The van der Waals surface area contributed by atoms with Crippen molar-refractivity contribution in [2.24, 2.45) is 0 Å². The zero-order chi connectivity index (χ0) is 14.9. The highest BCUT2D eigenvalue weighted by Crippen LogP contribution is 2.26. The minimum absolute atomic E-state index is 0.0155. The Morgan fingerprint density at radius 2 is 2.10 bits per heavy atom. The van der Waals surface area contributed by atoms with Crippen LogP contribution in [-0.2, 0) is 10.0 Å². The fraction of sp³-hybridized carbons (Fsp3) is 0.538. The molecule has 1 heterocycles. The van der Waals surface area contributed by atoms with Crippen molar-refractivity contribution in [2.75, 3.05) is 32.9 Å². The number of rotatable bonds is 3. The molecule has 0 bridgehead atoms. The lowest BCUT2D eigenvalue weighted by molar-refractivity contribution is 0.190. The third-order valence-corrected chi connectivity index (χ3v) is 5.62. The van der Waals surface area contributed by atoms with Crippen molar-refractivity contribution < 1.29 is 12.8 Å². The summed E-state index contributed by atoms with van der Waals surface area (Å²) < 4.78 is 39.7. The van der Waals surface area contributed by atoms with E-state index in [9.17, 15) is 12.8 Å². The van der Waals surface area contributed by atoms with Gasteiger partial charge in [0.1, 0.15) is 10.7 Å². The Morgan fingerprint density at radius 3 is 2.70 bits per heavy atom. The van der Waals surface area contributed by atoms with Gasteiger partial charge in [0, 0.05) is 19.1 Å². The van der Waals surface area contributed by atoms with Gasteiger partial charge in [0.25, 0.3) is 0 Å². The average Bonchev–Trinajstić information content (AvgIpc) is 2.38. The summed E-state index contributed by atoms with van der Waals surface area (Å²) in [6.07, 6.45) is 1.78. The van der Waals surface area contributed by atoms with Gasteiger partial charge < -0.3 is 10.6 Å². The van der Waals surface area contributed by atoms with Crippen molar-refractivity contribution in [3.63, 3.8) is 0 Å². The van der Waals surface area contributed by atoms with Crippen molar-refractivity contribution in [3.05, 3.63) is 24.0 Å². The molecule has 0 aliphatic carbocycles. The van der Waals surface area contributed by atoms with Crippen molar-refractivity contribution in [1.82, 2.24) is 9.21 Å². The Hall–Kier alpha value is -1.18. The summed E-state index contributed by atoms with van der Waals surface area (Å²) >= 11 is 0. The number of likely N-dealkylation sites (N-methyl/N-ethyl adjacent to an activating group) is 1. The van der Waals surface area contributed by atoms with Crippen LogP contribution < -0.4 is 5.73 Å². The van der Waals surface area contributed by atoms with E-state index >= 15 is 0 Å². The summed E-state index contributed by atoms with van der Waals surface area (Å²) in [6.45, 7) is 0.912. The van der Waals surface area contributed by atoms with Crippen molar-refractivity contribution in [3.8, 4) is 0 Å². The Kier molecular flexibility index (Phi) is 4.31. The molecular weight excluding hydrogens is 281 g/mol. The average molecular weight is 301 g/mol. The summed E-state index contributed by atoms with van der Waals surface area (Å²) in [4.78, 5) is 2.01. The maximum absolute atomic E-state index is 13.1. The van der Waals surface area contributed by atoms with Gasteiger partial charge in [0.15, 0.2) is 0 Å². The zero-order valence-corrected chi connectivity index (χ0v) is 12.5. The Bertz CT molecular complexity index is 589. The van der Waals surface area contributed by atoms with E-state index in [0.29, 0.717) is 13.1 Å². The number of hydrogen-bond acceptors (Lipinski definition) is 4. The van der Waals surface area contributed by atoms with E-state index in [1.54, 1.807) is 0 Å². The van der Waals surface area contributed by atoms with E-state index < -0.39 is 15.8 Å². The maximum atomic E-state index is 13.1. The van der Waals surface area contributed by atoms with Crippen LogP contribution in [0.5, 0.6) is 0 Å². The first-order valence-electron chi connectivity index (χ1n) is 6.54. The number of nitrogens with two attached hydrogens (primary N) is 1. The number of sulfonamides is 1. The first-order valence-corrected chi connectivity index (χ1v) is 7.98. The Labute approximate surface area is 119 Å². The molecule has 0 spiro atoms. The molecule has 7 heteroatoms. The Balaban J connectivity index is 2.30. The van der Waals surface area contributed by atoms with E-state index in [1.165, 1.54) is 10.4 Å². The Morgan fingerprint density at radius 1 is 1.40 bits per heavy atom. The number of halogens is 1. The molecule has 1 aliphatic rings. The third kappa shape index (κ3) is 2.94. The highest BCUT2D eigenvalue weighted by atomic mass is 32.2. The molecule has 1 atom stereocenters. The third-order valence-electron chi connectivity index (χ3n) is 3.68. The quantitative estimate of drug-likeness (QED) is 0.850. The molecule has 0 amide bonds. The second-order valence-electron chi connectivity index (χ2n) is 5.30. The summed E-state index contributed by atoms with van der Waals surface area (Å²) in [5.74, 6) is -0.536. The number of nitrogen functional groups attached to an aromatic ring is 1. The lowest BCUT2D eigenvalue weighted by Crippen LogP contribution is -2.47. The molecule has 20 heavy (non-hydrogen) atoms. The van der Waals surface area contributed by atoms with Gasteiger partial charge in [0.05, 0.1) is 5.69 Å². The van der Waals surface area contributed by atoms with Gasteiger partial charge in [-0.05, 0) is 45.1 Å². The van der Waals surface area contributed by atoms with Crippen LogP contribution in [0.2, 0.25) is 0 Å². The molecular formula is C13H20FN3O2S. The lowest BCUT2D eigenvalue weighted by Gasteiger charge is -2.35. The normalized spacial score (nSPS) is 21.3. The van der Waals surface area contributed by atoms with E-state index in [2.05, 4.69) is 0 Å². The number of hydrogen-bond donors (Lipinski definition) is 1. The molecule has 2 rings (SSSR count). The van der Waals surface area contributed by atoms with Crippen LogP contribution in [-0.4, -0.2) is 50.8 Å². The van der Waals surface area contributed by atoms with Gasteiger partial charge in [-0.2, -0.15) is 4.31 Å². The van der Waals surface area contributed by atoms with Crippen LogP contribution in [0, 0.1) is 5.82 Å². The SMILES string of the molecule is CN(C)C1CCCN(S(=O)(=O)c2ccc(F)cc2N)C1. The predicted octanol–water partition coefficient (Wildman–Crippen LogP) is 1.12. The van der Waals surface area contributed by atoms with Crippen LogP contribution in [0.25, 0.3) is 0 Å². The van der Waals surface area contributed by atoms with E-state index in [-0.39, 0.29) is 16.6 Å². The molecule has 2 N–H and O–H groups in total. The second kappa shape index (κ2) is 5.67. The fourth-order valence-corrected chi connectivity index (χ4v) is 4.07. The zero-order valence-electron chi connectivity index (χ0n) is 11.7. The molecule has 1 aliphatic heterocycles. The fourth-order valence-electron chi connectivity index (χ4n) is 2.45. The van der Waals surface area contributed by atoms with Gasteiger partial charge in [-0.25, -0.2) is 12.8 Å². The number of benzene rings is 1. The van der Waals surface area contributed by atoms with Crippen molar-refractivity contribution in [1.29, 1.82) is 0 Å². The summed E-state index contributed by atoms with van der Waals surface area (Å²) in [7, 11) is 0.214. The number of nitrogens with zero attached hydrogens (tertiary/aromatic N) is 2. The van der Waals surface area contributed by atoms with Gasteiger partial charge in [-0.15, -0.1) is 0 Å². The minimum atomic E-state index is -3.66. The predicted molar refractivity (Wildman–Crippen MR) is 76.3 cm³/mol. The summed E-state index contributed by atoms with van der Waals surface area (Å²) in [6, 6.07) is 3.59. The van der Waals surface area contributed by atoms with Crippen molar-refractivity contribution in [2.45, 2.75) is 23.8 Å². The van der Waals surface area contributed by atoms with Gasteiger partial charge in [-0.3, -0.25) is 0 Å². The van der Waals surface area contributed by atoms with Crippen molar-refractivity contribution >= 4 is 15.7 Å². The van der Waals surface area contributed by atoms with Crippen LogP contribution in [0.1, 0.15) is 12.8 Å². The highest BCUT2D eigenvalue weighted by molar-refractivity contribution is 7.89. The molecule has 0 saturated carbocycles. The van der Waals surface area contributed by atoms with Crippen LogP contribution in [0.15, 0.2) is 23.1 Å². The van der Waals surface area contributed by atoms with E-state index in [0.717, 1.165) is 25.0 Å². The smallest absolute Gasteiger partial charge is 0.245 e. The molecule has 0 radical (unpaired) electrons. The van der Waals surface area contributed by atoms with Crippen LogP contribution >= 0.6 is 0 Å². The lowest BCUT2D eigenvalue weighted by atomic mass is 10.1. The largest absolute Gasteiger partial charge is 0.398 e. The molecule has 1 saturated heterocycles. The molecule has 1 fully saturated rings. The standard InChI is InChI=1S/C13H20FN3O2S/c1-16(2)11-4-3-7-17(9-11)20(18,19)13-6-5-10(14)8-12(13)15/h5-6,8,11H,3-4,7,9,15H2,1-2H3. The van der Waals surface area contributed by atoms with Gasteiger partial charge in [0.2, 0.25) is 10.0 Å².